The molecular formula is C15H16BrNOS. The van der Waals surface area contributed by atoms with Crippen molar-refractivity contribution in [2.75, 3.05) is 7.05 Å². The van der Waals surface area contributed by atoms with Crippen LogP contribution in [-0.4, -0.2) is 17.9 Å². The van der Waals surface area contributed by atoms with Gasteiger partial charge in [-0.2, -0.15) is 0 Å². The van der Waals surface area contributed by atoms with Gasteiger partial charge >= 0.3 is 0 Å². The number of thiophene rings is 1. The molecule has 1 heterocycles. The molecule has 0 saturated heterocycles. The smallest absolute Gasteiger partial charge is 0.264 e. The molecule has 0 aliphatic carbocycles. The van der Waals surface area contributed by atoms with Crippen molar-refractivity contribution in [2.45, 2.75) is 19.9 Å². The first-order valence-corrected chi connectivity index (χ1v) is 7.85. The summed E-state index contributed by atoms with van der Waals surface area (Å²) in [6.45, 7) is 2.70. The Morgan fingerprint density at radius 2 is 2.16 bits per heavy atom. The molecule has 2 aromatic rings. The van der Waals surface area contributed by atoms with Crippen LogP contribution in [-0.2, 0) is 13.0 Å². The lowest BCUT2D eigenvalue weighted by Crippen LogP contribution is -2.26. The van der Waals surface area contributed by atoms with Crippen LogP contribution >= 0.6 is 27.3 Å². The zero-order chi connectivity index (χ0) is 13.8. The number of aryl methyl sites for hydroxylation is 1. The summed E-state index contributed by atoms with van der Waals surface area (Å²) in [6, 6.07) is 10.1. The first kappa shape index (κ1) is 14.3. The van der Waals surface area contributed by atoms with Crippen LogP contribution in [0.25, 0.3) is 0 Å². The zero-order valence-corrected chi connectivity index (χ0v) is 13.4. The van der Waals surface area contributed by atoms with E-state index in [0.29, 0.717) is 6.54 Å². The predicted molar refractivity (Wildman–Crippen MR) is 83.6 cm³/mol. The normalized spacial score (nSPS) is 10.5. The minimum Gasteiger partial charge on any atom is -0.337 e. The molecule has 1 aromatic carbocycles. The Hall–Kier alpha value is -1.13. The van der Waals surface area contributed by atoms with Gasteiger partial charge in [0.2, 0.25) is 0 Å². The Kier molecular flexibility index (Phi) is 4.77. The fourth-order valence-electron chi connectivity index (χ4n) is 1.96. The maximum Gasteiger partial charge on any atom is 0.264 e. The van der Waals surface area contributed by atoms with Gasteiger partial charge in [-0.15, -0.1) is 11.3 Å². The van der Waals surface area contributed by atoms with E-state index in [1.807, 2.05) is 42.8 Å². The monoisotopic (exact) mass is 337 g/mol. The van der Waals surface area contributed by atoms with Crippen LogP contribution in [0.2, 0.25) is 0 Å². The molecule has 4 heteroatoms. The standard InChI is InChI=1S/C15H16BrNOS/c1-3-12-7-8-19-14(12)15(18)17(2)10-11-5-4-6-13(16)9-11/h4-9H,3,10H2,1-2H3. The molecule has 0 spiro atoms. The fraction of sp³-hybridized carbons (Fsp3) is 0.267. The van der Waals surface area contributed by atoms with Crippen LogP contribution in [0.15, 0.2) is 40.2 Å². The molecule has 0 aliphatic rings. The van der Waals surface area contributed by atoms with Gasteiger partial charge in [0.1, 0.15) is 0 Å². The highest BCUT2D eigenvalue weighted by molar-refractivity contribution is 9.10. The van der Waals surface area contributed by atoms with Crippen LogP contribution in [0.5, 0.6) is 0 Å². The minimum atomic E-state index is 0.104. The number of halogens is 1. The van der Waals surface area contributed by atoms with Gasteiger partial charge in [0.25, 0.3) is 5.91 Å². The van der Waals surface area contributed by atoms with Crippen molar-refractivity contribution in [2.24, 2.45) is 0 Å². The number of nitrogens with zero attached hydrogens (tertiary/aromatic N) is 1. The average molecular weight is 338 g/mol. The number of benzene rings is 1. The summed E-state index contributed by atoms with van der Waals surface area (Å²) in [5.74, 6) is 0.104. The molecule has 100 valence electrons. The van der Waals surface area contributed by atoms with Crippen molar-refractivity contribution in [1.82, 2.24) is 4.90 Å². The second kappa shape index (κ2) is 6.35. The van der Waals surface area contributed by atoms with E-state index in [-0.39, 0.29) is 5.91 Å². The molecule has 0 aliphatic heterocycles. The van der Waals surface area contributed by atoms with Gasteiger partial charge in [0.05, 0.1) is 4.88 Å². The number of amides is 1. The van der Waals surface area contributed by atoms with E-state index in [4.69, 9.17) is 0 Å². The minimum absolute atomic E-state index is 0.104. The molecule has 0 radical (unpaired) electrons. The van der Waals surface area contributed by atoms with Crippen LogP contribution in [0.4, 0.5) is 0 Å². The van der Waals surface area contributed by atoms with Gasteiger partial charge in [-0.3, -0.25) is 4.79 Å². The summed E-state index contributed by atoms with van der Waals surface area (Å²) < 4.78 is 1.04. The average Bonchev–Trinajstić information content (AvgIpc) is 2.86. The van der Waals surface area contributed by atoms with E-state index in [2.05, 4.69) is 22.9 Å². The number of carbonyl (C=O) groups is 1. The third-order valence-corrected chi connectivity index (χ3v) is 4.42. The first-order valence-electron chi connectivity index (χ1n) is 6.18. The maximum atomic E-state index is 12.4. The molecule has 0 bridgehead atoms. The Morgan fingerprint density at radius 1 is 1.37 bits per heavy atom. The molecule has 2 rings (SSSR count). The quantitative estimate of drug-likeness (QED) is 0.812. The largest absolute Gasteiger partial charge is 0.337 e. The molecule has 1 amide bonds. The number of rotatable bonds is 4. The van der Waals surface area contributed by atoms with Gasteiger partial charge in [-0.1, -0.05) is 35.0 Å². The highest BCUT2D eigenvalue weighted by atomic mass is 79.9. The second-order valence-corrected chi connectivity index (χ2v) is 6.25. The van der Waals surface area contributed by atoms with Crippen molar-refractivity contribution in [3.05, 3.63) is 56.2 Å². The fourth-order valence-corrected chi connectivity index (χ4v) is 3.39. The Bertz CT molecular complexity index is 579. The summed E-state index contributed by atoms with van der Waals surface area (Å²) in [5.41, 5.74) is 2.26. The van der Waals surface area contributed by atoms with E-state index in [1.165, 1.54) is 11.3 Å². The van der Waals surface area contributed by atoms with Gasteiger partial charge in [0, 0.05) is 18.1 Å². The zero-order valence-electron chi connectivity index (χ0n) is 11.0. The maximum absolute atomic E-state index is 12.4. The third-order valence-electron chi connectivity index (χ3n) is 2.98. The summed E-state index contributed by atoms with van der Waals surface area (Å²) in [6.07, 6.45) is 0.898. The molecule has 19 heavy (non-hydrogen) atoms. The Labute approximate surface area is 126 Å². The van der Waals surface area contributed by atoms with Crippen molar-refractivity contribution in [1.29, 1.82) is 0 Å². The lowest BCUT2D eigenvalue weighted by Gasteiger charge is -2.17. The molecule has 0 atom stereocenters. The molecule has 2 nitrogen and oxygen atoms in total. The van der Waals surface area contributed by atoms with Gasteiger partial charge in [-0.05, 0) is 41.1 Å². The second-order valence-electron chi connectivity index (χ2n) is 4.42. The molecule has 0 fully saturated rings. The summed E-state index contributed by atoms with van der Waals surface area (Å²) in [5, 5.41) is 1.99. The van der Waals surface area contributed by atoms with Crippen molar-refractivity contribution in [3.8, 4) is 0 Å². The number of carbonyl (C=O) groups excluding carboxylic acids is 1. The van der Waals surface area contributed by atoms with Gasteiger partial charge in [-0.25, -0.2) is 0 Å². The van der Waals surface area contributed by atoms with Crippen LogP contribution in [0.1, 0.15) is 27.7 Å². The molecule has 0 saturated carbocycles. The van der Waals surface area contributed by atoms with E-state index in [0.717, 1.165) is 26.9 Å². The van der Waals surface area contributed by atoms with Crippen LogP contribution in [0, 0.1) is 0 Å². The number of hydrogen-bond acceptors (Lipinski definition) is 2. The number of hydrogen-bond donors (Lipinski definition) is 0. The van der Waals surface area contributed by atoms with E-state index >= 15 is 0 Å². The Morgan fingerprint density at radius 3 is 2.84 bits per heavy atom. The molecule has 0 unspecified atom stereocenters. The van der Waals surface area contributed by atoms with Gasteiger partial charge < -0.3 is 4.90 Å². The van der Waals surface area contributed by atoms with E-state index in [1.54, 1.807) is 4.90 Å². The van der Waals surface area contributed by atoms with E-state index < -0.39 is 0 Å². The SMILES string of the molecule is CCc1ccsc1C(=O)N(C)Cc1cccc(Br)c1. The Balaban J connectivity index is 2.12. The lowest BCUT2D eigenvalue weighted by atomic mass is 10.2. The molecule has 0 N–H and O–H groups in total. The van der Waals surface area contributed by atoms with Gasteiger partial charge in [0.15, 0.2) is 0 Å². The third kappa shape index (κ3) is 3.45. The summed E-state index contributed by atoms with van der Waals surface area (Å²) >= 11 is 4.97. The van der Waals surface area contributed by atoms with Crippen LogP contribution < -0.4 is 0 Å². The summed E-state index contributed by atoms with van der Waals surface area (Å²) in [7, 11) is 1.85. The highest BCUT2D eigenvalue weighted by Crippen LogP contribution is 2.20. The summed E-state index contributed by atoms with van der Waals surface area (Å²) in [4.78, 5) is 15.0. The van der Waals surface area contributed by atoms with Crippen LogP contribution in [0.3, 0.4) is 0 Å². The molecular weight excluding hydrogens is 322 g/mol. The predicted octanol–water partition coefficient (Wildman–Crippen LogP) is 4.35. The van der Waals surface area contributed by atoms with Crippen molar-refractivity contribution >= 4 is 33.2 Å². The topological polar surface area (TPSA) is 20.3 Å². The lowest BCUT2D eigenvalue weighted by molar-refractivity contribution is 0.0789. The van der Waals surface area contributed by atoms with Crippen molar-refractivity contribution < 1.29 is 4.79 Å². The van der Waals surface area contributed by atoms with E-state index in [9.17, 15) is 4.79 Å². The van der Waals surface area contributed by atoms with Crippen molar-refractivity contribution in [3.63, 3.8) is 0 Å². The molecule has 1 aromatic heterocycles. The first-order chi connectivity index (χ1) is 9.11. The highest BCUT2D eigenvalue weighted by Gasteiger charge is 2.16.